The fraction of sp³-hybridized carbons (Fsp3) is 0.378. The number of aromatic nitrogens is 2. The Morgan fingerprint density at radius 3 is 2.12 bits per heavy atom. The summed E-state index contributed by atoms with van der Waals surface area (Å²) >= 11 is 0. The number of para-hydroxylation sites is 1. The molecule has 2 aromatic heterocycles. The molecule has 43 heavy (non-hydrogen) atoms. The molecule has 0 radical (unpaired) electrons. The first-order valence-corrected chi connectivity index (χ1v) is 15.7. The van der Waals surface area contributed by atoms with Gasteiger partial charge in [-0.05, 0) is 105 Å². The second-order valence-corrected chi connectivity index (χ2v) is 12.5. The van der Waals surface area contributed by atoms with Crippen LogP contribution in [0, 0.1) is 13.8 Å². The first-order chi connectivity index (χ1) is 20.9. The molecule has 0 saturated carbocycles. The van der Waals surface area contributed by atoms with Gasteiger partial charge in [0, 0.05) is 67.6 Å². The number of hydrogen-bond donors (Lipinski definition) is 0. The molecular weight excluding hydrogens is 530 g/mol. The van der Waals surface area contributed by atoms with E-state index in [1.165, 1.54) is 5.69 Å². The second kappa shape index (κ2) is 12.7. The van der Waals surface area contributed by atoms with Gasteiger partial charge in [0.05, 0.1) is 12.2 Å². The number of aryl methyl sites for hydroxylation is 2. The highest BCUT2D eigenvalue weighted by Crippen LogP contribution is 2.35. The van der Waals surface area contributed by atoms with E-state index in [-0.39, 0.29) is 11.4 Å². The average Bonchev–Trinajstić information content (AvgIpc) is 3.05. The lowest BCUT2D eigenvalue weighted by molar-refractivity contribution is 0.0170. The van der Waals surface area contributed by atoms with Crippen LogP contribution in [0.25, 0.3) is 11.1 Å². The van der Waals surface area contributed by atoms with Gasteiger partial charge < -0.3 is 9.80 Å². The number of amides is 1. The number of rotatable bonds is 7. The summed E-state index contributed by atoms with van der Waals surface area (Å²) in [5, 5.41) is 0. The van der Waals surface area contributed by atoms with E-state index >= 15 is 0 Å². The first kappa shape index (κ1) is 29.1. The highest BCUT2D eigenvalue weighted by atomic mass is 16.2. The molecule has 2 aromatic carbocycles. The number of carbonyl (C=O) groups excluding carboxylic acids is 1. The van der Waals surface area contributed by atoms with Crippen molar-refractivity contribution in [2.45, 2.75) is 64.6 Å². The summed E-state index contributed by atoms with van der Waals surface area (Å²) in [7, 11) is 0. The van der Waals surface area contributed by atoms with Crippen molar-refractivity contribution < 1.29 is 4.79 Å². The summed E-state index contributed by atoms with van der Waals surface area (Å²) in [5.41, 5.74) is 7.70. The molecule has 6 heteroatoms. The number of nitrogens with zero attached hydrogens (tertiary/aromatic N) is 5. The monoisotopic (exact) mass is 573 g/mol. The van der Waals surface area contributed by atoms with E-state index in [0.29, 0.717) is 6.04 Å². The van der Waals surface area contributed by atoms with Gasteiger partial charge in [-0.25, -0.2) is 0 Å². The van der Waals surface area contributed by atoms with E-state index in [1.54, 1.807) is 0 Å². The molecule has 2 aliphatic heterocycles. The molecular formula is C37H43N5O. The fourth-order valence-electron chi connectivity index (χ4n) is 7.11. The summed E-state index contributed by atoms with van der Waals surface area (Å²) in [6, 6.07) is 25.8. The van der Waals surface area contributed by atoms with E-state index < -0.39 is 0 Å². The Morgan fingerprint density at radius 1 is 0.837 bits per heavy atom. The maximum absolute atomic E-state index is 13.8. The van der Waals surface area contributed by atoms with Crippen LogP contribution in [0.3, 0.4) is 0 Å². The van der Waals surface area contributed by atoms with Crippen LogP contribution in [0.2, 0.25) is 0 Å². The molecule has 2 saturated heterocycles. The predicted molar refractivity (Wildman–Crippen MR) is 174 cm³/mol. The molecule has 4 aromatic rings. The predicted octanol–water partition coefficient (Wildman–Crippen LogP) is 6.93. The lowest BCUT2D eigenvalue weighted by atomic mass is 9.84. The smallest absolute Gasteiger partial charge is 0.254 e. The average molecular weight is 574 g/mol. The third-order valence-electron chi connectivity index (χ3n) is 9.70. The second-order valence-electron chi connectivity index (χ2n) is 12.5. The van der Waals surface area contributed by atoms with E-state index in [2.05, 4.69) is 100 Å². The van der Waals surface area contributed by atoms with E-state index in [1.807, 2.05) is 36.8 Å². The van der Waals surface area contributed by atoms with Crippen molar-refractivity contribution in [2.75, 3.05) is 31.1 Å². The Balaban J connectivity index is 1.09. The topological polar surface area (TPSA) is 52.6 Å². The van der Waals surface area contributed by atoms with Crippen LogP contribution in [-0.4, -0.2) is 63.4 Å². The van der Waals surface area contributed by atoms with Crippen molar-refractivity contribution in [3.63, 3.8) is 0 Å². The first-order valence-electron chi connectivity index (χ1n) is 15.7. The minimum atomic E-state index is 0.121. The molecule has 2 aliphatic rings. The molecule has 0 N–H and O–H groups in total. The van der Waals surface area contributed by atoms with Gasteiger partial charge >= 0.3 is 0 Å². The molecule has 2 fully saturated rings. The minimum Gasteiger partial charge on any atom is -0.363 e. The molecule has 0 aliphatic carbocycles. The molecule has 1 amide bonds. The third-order valence-corrected chi connectivity index (χ3v) is 9.70. The van der Waals surface area contributed by atoms with Crippen LogP contribution in [-0.2, 0) is 6.54 Å². The largest absolute Gasteiger partial charge is 0.363 e. The number of carbonyl (C=O) groups is 1. The summed E-state index contributed by atoms with van der Waals surface area (Å²) < 4.78 is 0. The highest BCUT2D eigenvalue weighted by molar-refractivity contribution is 5.98. The van der Waals surface area contributed by atoms with Gasteiger partial charge in [-0.1, -0.05) is 36.4 Å². The van der Waals surface area contributed by atoms with Gasteiger partial charge in [-0.3, -0.25) is 19.7 Å². The standard InChI is InChI=1S/C37H43N5O/c1-28-25-31(30-12-19-38-20-13-30)26-29(2)35(28)36(43)40-23-16-37(3,17-24-40)41-21-14-34(15-22-41)42(33-10-5-4-6-11-33)27-32-9-7-8-18-39-32/h4-13,18-20,25-26,34H,14-17,21-24,27H2,1-3H3. The summed E-state index contributed by atoms with van der Waals surface area (Å²) in [6.07, 6.45) is 9.78. The van der Waals surface area contributed by atoms with Gasteiger partial charge in [0.1, 0.15) is 0 Å². The molecule has 0 spiro atoms. The van der Waals surface area contributed by atoms with Gasteiger partial charge in [0.25, 0.3) is 5.91 Å². The van der Waals surface area contributed by atoms with Crippen molar-refractivity contribution in [2.24, 2.45) is 0 Å². The zero-order chi connectivity index (χ0) is 29.8. The zero-order valence-electron chi connectivity index (χ0n) is 25.7. The molecule has 0 unspecified atom stereocenters. The lowest BCUT2D eigenvalue weighted by Gasteiger charge is -2.50. The van der Waals surface area contributed by atoms with Gasteiger partial charge in [0.15, 0.2) is 0 Å². The third kappa shape index (κ3) is 6.35. The van der Waals surface area contributed by atoms with Crippen molar-refractivity contribution in [1.82, 2.24) is 19.8 Å². The Morgan fingerprint density at radius 2 is 1.49 bits per heavy atom. The van der Waals surface area contributed by atoms with E-state index in [4.69, 9.17) is 0 Å². The van der Waals surface area contributed by atoms with Crippen LogP contribution in [0.15, 0.2) is 91.4 Å². The number of likely N-dealkylation sites (tertiary alicyclic amines) is 2. The van der Waals surface area contributed by atoms with Gasteiger partial charge in [-0.15, -0.1) is 0 Å². The molecule has 0 bridgehead atoms. The Kier molecular flexibility index (Phi) is 8.57. The highest BCUT2D eigenvalue weighted by Gasteiger charge is 2.39. The van der Waals surface area contributed by atoms with Crippen molar-refractivity contribution >= 4 is 11.6 Å². The molecule has 6 rings (SSSR count). The summed E-state index contributed by atoms with van der Waals surface area (Å²) in [5.74, 6) is 0.171. The van der Waals surface area contributed by atoms with Crippen molar-refractivity contribution in [3.05, 3.63) is 114 Å². The van der Waals surface area contributed by atoms with Gasteiger partial charge in [0.2, 0.25) is 0 Å². The zero-order valence-corrected chi connectivity index (χ0v) is 25.7. The number of benzene rings is 2. The Bertz CT molecular complexity index is 1490. The Hall–Kier alpha value is -4.03. The van der Waals surface area contributed by atoms with Crippen molar-refractivity contribution in [3.8, 4) is 11.1 Å². The number of piperidine rings is 2. The maximum Gasteiger partial charge on any atom is 0.254 e. The fourth-order valence-corrected chi connectivity index (χ4v) is 7.11. The number of anilines is 1. The molecule has 222 valence electrons. The van der Waals surface area contributed by atoms with Crippen molar-refractivity contribution in [1.29, 1.82) is 0 Å². The van der Waals surface area contributed by atoms with Crippen LogP contribution < -0.4 is 4.90 Å². The van der Waals surface area contributed by atoms with E-state index in [0.717, 1.165) is 91.9 Å². The molecule has 6 nitrogen and oxygen atoms in total. The SMILES string of the molecule is Cc1cc(-c2ccncc2)cc(C)c1C(=O)N1CCC(C)(N2CCC(N(Cc3ccccn3)c3ccccc3)CC2)CC1. The molecule has 4 heterocycles. The minimum absolute atomic E-state index is 0.121. The van der Waals surface area contributed by atoms with E-state index in [9.17, 15) is 4.79 Å². The van der Waals surface area contributed by atoms with Crippen LogP contribution in [0.5, 0.6) is 0 Å². The number of hydrogen-bond acceptors (Lipinski definition) is 5. The summed E-state index contributed by atoms with van der Waals surface area (Å²) in [6.45, 7) is 11.1. The van der Waals surface area contributed by atoms with Gasteiger partial charge in [-0.2, -0.15) is 0 Å². The van der Waals surface area contributed by atoms with Crippen LogP contribution in [0.1, 0.15) is 59.8 Å². The normalized spacial score (nSPS) is 17.5. The van der Waals surface area contributed by atoms with Crippen LogP contribution in [0.4, 0.5) is 5.69 Å². The summed E-state index contributed by atoms with van der Waals surface area (Å²) in [4.78, 5) is 29.9. The molecule has 0 atom stereocenters. The number of pyridine rings is 2. The quantitative estimate of drug-likeness (QED) is 0.240. The van der Waals surface area contributed by atoms with Crippen LogP contribution >= 0.6 is 0 Å². The lowest BCUT2D eigenvalue weighted by Crippen LogP contribution is -2.58. The maximum atomic E-state index is 13.8. The Labute approximate surface area is 256 Å².